The Morgan fingerprint density at radius 1 is 1.30 bits per heavy atom. The maximum atomic E-state index is 4.36. The monoisotopic (exact) mass is 151 g/mol. The number of rotatable bonds is 2. The van der Waals surface area contributed by atoms with Gasteiger partial charge in [0.1, 0.15) is 0 Å². The average molecular weight is 151 g/mol. The maximum absolute atomic E-state index is 4.36. The van der Waals surface area contributed by atoms with E-state index in [4.69, 9.17) is 0 Å². The maximum Gasteiger partial charge on any atom is 0.0267 e. The van der Waals surface area contributed by atoms with Gasteiger partial charge in [0.05, 0.1) is 0 Å². The van der Waals surface area contributed by atoms with Crippen LogP contribution < -0.4 is 0 Å². The molecule has 0 N–H and O–H groups in total. The zero-order chi connectivity index (χ0) is 7.40. The Balaban J connectivity index is 2.75. The molecule has 0 amide bonds. The van der Waals surface area contributed by atoms with Crippen molar-refractivity contribution in [1.29, 1.82) is 0 Å². The van der Waals surface area contributed by atoms with Crippen molar-refractivity contribution in [3.63, 3.8) is 0 Å². The van der Waals surface area contributed by atoms with Crippen LogP contribution in [0.25, 0.3) is 0 Å². The first kappa shape index (κ1) is 7.67. The second-order valence-corrected chi connectivity index (χ2v) is 2.84. The fourth-order valence-electron chi connectivity index (χ4n) is 0.842. The molecular formula is C9H11S. The summed E-state index contributed by atoms with van der Waals surface area (Å²) in [5, 5.41) is 0.293. The normalized spacial score (nSPS) is 13.0. The van der Waals surface area contributed by atoms with E-state index in [2.05, 4.69) is 31.7 Å². The predicted molar refractivity (Wildman–Crippen MR) is 48.1 cm³/mol. The number of thiol groups is 1. The molecule has 0 saturated heterocycles. The van der Waals surface area contributed by atoms with Crippen LogP contribution in [0.1, 0.15) is 17.2 Å². The lowest BCUT2D eigenvalue weighted by atomic mass is 10.1. The summed E-state index contributed by atoms with van der Waals surface area (Å²) in [5.74, 6) is 0. The Kier molecular flexibility index (Phi) is 2.82. The van der Waals surface area contributed by atoms with Crippen molar-refractivity contribution >= 4 is 12.6 Å². The molecule has 0 aliphatic heterocycles. The van der Waals surface area contributed by atoms with Gasteiger partial charge in [0.25, 0.3) is 0 Å². The van der Waals surface area contributed by atoms with E-state index >= 15 is 0 Å². The second kappa shape index (κ2) is 3.67. The smallest absolute Gasteiger partial charge is 0.0267 e. The van der Waals surface area contributed by atoms with Crippen LogP contribution in [-0.2, 0) is 0 Å². The molecule has 1 unspecified atom stereocenters. The first-order valence-electron chi connectivity index (χ1n) is 3.37. The van der Waals surface area contributed by atoms with Crippen LogP contribution in [0.4, 0.5) is 0 Å². The van der Waals surface area contributed by atoms with Crippen LogP contribution in [0.2, 0.25) is 0 Å². The highest BCUT2D eigenvalue weighted by Gasteiger charge is 1.99. The van der Waals surface area contributed by atoms with Gasteiger partial charge < -0.3 is 0 Å². The molecule has 1 aromatic carbocycles. The second-order valence-electron chi connectivity index (χ2n) is 2.22. The Hall–Kier alpha value is -0.430. The van der Waals surface area contributed by atoms with Crippen LogP contribution in [0.15, 0.2) is 30.3 Å². The van der Waals surface area contributed by atoms with E-state index in [-0.39, 0.29) is 0 Å². The Labute approximate surface area is 67.7 Å². The minimum atomic E-state index is 0.293. The predicted octanol–water partition coefficient (Wildman–Crippen LogP) is 2.88. The van der Waals surface area contributed by atoms with Gasteiger partial charge in [-0.2, -0.15) is 12.6 Å². The third-order valence-corrected chi connectivity index (χ3v) is 2.01. The van der Waals surface area contributed by atoms with Crippen LogP contribution in [0, 0.1) is 6.92 Å². The molecule has 0 saturated carbocycles. The van der Waals surface area contributed by atoms with Crippen molar-refractivity contribution in [3.05, 3.63) is 42.8 Å². The highest BCUT2D eigenvalue weighted by atomic mass is 32.1. The van der Waals surface area contributed by atoms with Gasteiger partial charge >= 0.3 is 0 Å². The molecule has 0 spiro atoms. The summed E-state index contributed by atoms with van der Waals surface area (Å²) < 4.78 is 0. The van der Waals surface area contributed by atoms with Gasteiger partial charge in [-0.1, -0.05) is 37.3 Å². The quantitative estimate of drug-likeness (QED) is 0.617. The van der Waals surface area contributed by atoms with Crippen molar-refractivity contribution in [3.8, 4) is 0 Å². The minimum Gasteiger partial charge on any atom is -0.171 e. The summed E-state index contributed by atoms with van der Waals surface area (Å²) in [6.07, 6.45) is 0.840. The van der Waals surface area contributed by atoms with Crippen molar-refractivity contribution in [2.24, 2.45) is 0 Å². The van der Waals surface area contributed by atoms with Crippen molar-refractivity contribution < 1.29 is 0 Å². The molecule has 0 aliphatic rings. The summed E-state index contributed by atoms with van der Waals surface area (Å²) in [5.41, 5.74) is 1.25. The van der Waals surface area contributed by atoms with Gasteiger partial charge in [-0.05, 0) is 12.0 Å². The molecule has 1 atom stereocenters. The Morgan fingerprint density at radius 2 is 1.90 bits per heavy atom. The third kappa shape index (κ3) is 1.77. The molecule has 1 heteroatoms. The van der Waals surface area contributed by atoms with Gasteiger partial charge in [0.2, 0.25) is 0 Å². The lowest BCUT2D eigenvalue weighted by molar-refractivity contribution is 0.976. The van der Waals surface area contributed by atoms with E-state index in [1.807, 2.05) is 18.2 Å². The Morgan fingerprint density at radius 3 is 2.40 bits per heavy atom. The van der Waals surface area contributed by atoms with Crippen molar-refractivity contribution in [2.45, 2.75) is 11.7 Å². The van der Waals surface area contributed by atoms with Crippen molar-refractivity contribution in [1.82, 2.24) is 0 Å². The van der Waals surface area contributed by atoms with Gasteiger partial charge in [-0.15, -0.1) is 0 Å². The van der Waals surface area contributed by atoms with Crippen LogP contribution in [-0.4, -0.2) is 0 Å². The van der Waals surface area contributed by atoms with E-state index in [1.165, 1.54) is 5.56 Å². The zero-order valence-corrected chi connectivity index (χ0v) is 6.72. The average Bonchev–Trinajstić information content (AvgIpc) is 2.05. The summed E-state index contributed by atoms with van der Waals surface area (Å²) >= 11 is 4.36. The van der Waals surface area contributed by atoms with Crippen LogP contribution >= 0.6 is 12.6 Å². The zero-order valence-electron chi connectivity index (χ0n) is 5.83. The molecule has 0 aromatic heterocycles. The number of benzene rings is 1. The molecule has 10 heavy (non-hydrogen) atoms. The van der Waals surface area contributed by atoms with Crippen LogP contribution in [0.3, 0.4) is 0 Å². The summed E-state index contributed by atoms with van der Waals surface area (Å²) in [4.78, 5) is 0. The fraction of sp³-hybridized carbons (Fsp3) is 0.222. The minimum absolute atomic E-state index is 0.293. The standard InChI is InChI=1S/C9H11S/c1-2-9(10)8-6-4-3-5-7-8/h3-7,9-10H,1-2H2. The molecule has 0 heterocycles. The summed E-state index contributed by atoms with van der Waals surface area (Å²) in [6.45, 7) is 3.79. The Bertz CT molecular complexity index is 181. The van der Waals surface area contributed by atoms with E-state index in [0.29, 0.717) is 5.25 Å². The topological polar surface area (TPSA) is 0 Å². The van der Waals surface area contributed by atoms with E-state index in [9.17, 15) is 0 Å². The molecule has 0 bridgehead atoms. The molecule has 1 rings (SSSR count). The molecule has 0 nitrogen and oxygen atoms in total. The summed E-state index contributed by atoms with van der Waals surface area (Å²) in [7, 11) is 0. The molecule has 1 aromatic rings. The SMILES string of the molecule is [CH2]CC(S)c1ccccc1. The van der Waals surface area contributed by atoms with Crippen LogP contribution in [0.5, 0.6) is 0 Å². The summed E-state index contributed by atoms with van der Waals surface area (Å²) in [6, 6.07) is 10.2. The fourth-order valence-corrected chi connectivity index (χ4v) is 1.01. The number of hydrogen-bond acceptors (Lipinski definition) is 1. The molecular weight excluding hydrogens is 140 g/mol. The third-order valence-electron chi connectivity index (χ3n) is 1.46. The highest BCUT2D eigenvalue weighted by Crippen LogP contribution is 2.21. The lowest BCUT2D eigenvalue weighted by Gasteiger charge is -2.05. The van der Waals surface area contributed by atoms with Gasteiger partial charge in [0, 0.05) is 5.25 Å². The lowest BCUT2D eigenvalue weighted by Crippen LogP contribution is -1.85. The molecule has 1 radical (unpaired) electrons. The first-order valence-corrected chi connectivity index (χ1v) is 3.88. The highest BCUT2D eigenvalue weighted by molar-refractivity contribution is 7.80. The van der Waals surface area contributed by atoms with E-state index in [0.717, 1.165) is 6.42 Å². The van der Waals surface area contributed by atoms with Crippen molar-refractivity contribution in [2.75, 3.05) is 0 Å². The van der Waals surface area contributed by atoms with Gasteiger partial charge in [-0.3, -0.25) is 0 Å². The number of hydrogen-bond donors (Lipinski definition) is 1. The largest absolute Gasteiger partial charge is 0.171 e. The molecule has 0 fully saturated rings. The first-order chi connectivity index (χ1) is 4.84. The van der Waals surface area contributed by atoms with Gasteiger partial charge in [-0.25, -0.2) is 0 Å². The van der Waals surface area contributed by atoms with Gasteiger partial charge in [0.15, 0.2) is 0 Å². The molecule has 53 valence electrons. The van der Waals surface area contributed by atoms with E-state index in [1.54, 1.807) is 0 Å². The molecule has 0 aliphatic carbocycles. The van der Waals surface area contributed by atoms with E-state index < -0.39 is 0 Å².